The zero-order valence-electron chi connectivity index (χ0n) is 11.5. The maximum absolute atomic E-state index is 12.5. The second-order valence-corrected chi connectivity index (χ2v) is 4.77. The number of hydrogen-bond donors (Lipinski definition) is 1. The molecule has 0 amide bonds. The fourth-order valence-corrected chi connectivity index (χ4v) is 1.96. The first-order valence-electron chi connectivity index (χ1n) is 6.38. The summed E-state index contributed by atoms with van der Waals surface area (Å²) in [5, 5.41) is 20.7. The Balaban J connectivity index is 2.22. The quantitative estimate of drug-likeness (QED) is 0.690. The van der Waals surface area contributed by atoms with Crippen LogP contribution in [0.4, 0.5) is 18.9 Å². The molecule has 0 saturated heterocycles. The molecule has 2 rings (SSSR count). The Hall–Kier alpha value is -2.68. The highest BCUT2D eigenvalue weighted by Crippen LogP contribution is 2.30. The van der Waals surface area contributed by atoms with Crippen molar-refractivity contribution in [2.45, 2.75) is 18.8 Å². The van der Waals surface area contributed by atoms with Crippen LogP contribution in [0.2, 0.25) is 0 Å². The van der Waals surface area contributed by atoms with Crippen molar-refractivity contribution in [2.75, 3.05) is 0 Å². The number of rotatable bonds is 4. The monoisotopic (exact) mass is 328 g/mol. The Morgan fingerprint density at radius 2 is 1.78 bits per heavy atom. The lowest BCUT2D eigenvalue weighted by atomic mass is 10.1. The van der Waals surface area contributed by atoms with E-state index in [1.165, 1.54) is 0 Å². The van der Waals surface area contributed by atoms with Gasteiger partial charge in [-0.1, -0.05) is 12.1 Å². The molecule has 1 aromatic carbocycles. The molecule has 9 heteroatoms. The highest BCUT2D eigenvalue weighted by molar-refractivity contribution is 5.27. The van der Waals surface area contributed by atoms with Crippen molar-refractivity contribution < 1.29 is 23.2 Å². The standard InChI is InChI=1S/C14H11F3N2O4/c15-14(16,17)10-3-1-9(2-4-10)12(20)8-18-7-11(19(22)23)5-6-13(18)21/h1-7,12,20H,8H2/t12-/m1/s1. The van der Waals surface area contributed by atoms with E-state index in [9.17, 15) is 33.2 Å². The molecule has 6 nitrogen and oxygen atoms in total. The number of halogens is 3. The smallest absolute Gasteiger partial charge is 0.387 e. The predicted molar refractivity (Wildman–Crippen MR) is 73.8 cm³/mol. The van der Waals surface area contributed by atoms with E-state index in [1.54, 1.807) is 0 Å². The van der Waals surface area contributed by atoms with Crippen LogP contribution in [0.3, 0.4) is 0 Å². The molecular weight excluding hydrogens is 317 g/mol. The van der Waals surface area contributed by atoms with Crippen molar-refractivity contribution in [3.63, 3.8) is 0 Å². The Morgan fingerprint density at radius 3 is 2.30 bits per heavy atom. The van der Waals surface area contributed by atoms with Crippen molar-refractivity contribution in [1.82, 2.24) is 4.57 Å². The second kappa shape index (κ2) is 6.21. The first-order chi connectivity index (χ1) is 10.7. The molecule has 122 valence electrons. The number of aliphatic hydroxyl groups is 1. The molecule has 23 heavy (non-hydrogen) atoms. The van der Waals surface area contributed by atoms with Gasteiger partial charge in [-0.05, 0) is 17.7 Å². The summed E-state index contributed by atoms with van der Waals surface area (Å²) < 4.78 is 38.3. The number of aliphatic hydroxyl groups excluding tert-OH is 1. The third-order valence-corrected chi connectivity index (χ3v) is 3.17. The molecular formula is C14H11F3N2O4. The summed E-state index contributed by atoms with van der Waals surface area (Å²) in [6, 6.07) is 5.83. The highest BCUT2D eigenvalue weighted by Gasteiger charge is 2.30. The molecule has 1 atom stereocenters. The van der Waals surface area contributed by atoms with Gasteiger partial charge in [0.15, 0.2) is 0 Å². The third-order valence-electron chi connectivity index (χ3n) is 3.17. The van der Waals surface area contributed by atoms with Gasteiger partial charge in [-0.3, -0.25) is 14.9 Å². The summed E-state index contributed by atoms with van der Waals surface area (Å²) >= 11 is 0. The minimum atomic E-state index is -4.49. The Kier molecular flexibility index (Phi) is 4.50. The highest BCUT2D eigenvalue weighted by atomic mass is 19.4. The molecule has 0 aliphatic carbocycles. The lowest BCUT2D eigenvalue weighted by Gasteiger charge is -2.14. The average molecular weight is 328 g/mol. The van der Waals surface area contributed by atoms with Crippen molar-refractivity contribution >= 4 is 5.69 Å². The zero-order valence-corrected chi connectivity index (χ0v) is 11.5. The van der Waals surface area contributed by atoms with Crippen molar-refractivity contribution in [3.05, 3.63) is 74.2 Å². The van der Waals surface area contributed by atoms with Gasteiger partial charge in [-0.15, -0.1) is 0 Å². The van der Waals surface area contributed by atoms with Crippen LogP contribution in [-0.2, 0) is 12.7 Å². The molecule has 1 heterocycles. The fourth-order valence-electron chi connectivity index (χ4n) is 1.96. The summed E-state index contributed by atoms with van der Waals surface area (Å²) in [7, 11) is 0. The number of benzene rings is 1. The molecule has 0 saturated carbocycles. The Bertz CT molecular complexity index is 769. The van der Waals surface area contributed by atoms with E-state index in [1.807, 2.05) is 0 Å². The largest absolute Gasteiger partial charge is 0.416 e. The summed E-state index contributed by atoms with van der Waals surface area (Å²) in [5.74, 6) is 0. The Labute approximate surface area is 127 Å². The van der Waals surface area contributed by atoms with Gasteiger partial charge in [-0.25, -0.2) is 0 Å². The summed E-state index contributed by atoms with van der Waals surface area (Å²) in [6.07, 6.45) is -4.80. The number of pyridine rings is 1. The van der Waals surface area contributed by atoms with E-state index in [-0.39, 0.29) is 17.8 Å². The first kappa shape index (κ1) is 16.7. The number of nitro groups is 1. The minimum absolute atomic E-state index is 0.163. The molecule has 0 unspecified atom stereocenters. The van der Waals surface area contributed by atoms with Crippen LogP contribution in [0, 0.1) is 10.1 Å². The molecule has 0 aliphatic heterocycles. The Morgan fingerprint density at radius 1 is 1.17 bits per heavy atom. The molecule has 0 radical (unpaired) electrons. The maximum atomic E-state index is 12.5. The maximum Gasteiger partial charge on any atom is 0.416 e. The number of nitrogens with zero attached hydrogens (tertiary/aromatic N) is 2. The van der Waals surface area contributed by atoms with Gasteiger partial charge >= 0.3 is 6.18 Å². The third kappa shape index (κ3) is 3.95. The predicted octanol–water partition coefficient (Wildman–Crippen LogP) is 2.51. The van der Waals surface area contributed by atoms with Crippen LogP contribution in [0.15, 0.2) is 47.4 Å². The van der Waals surface area contributed by atoms with Crippen molar-refractivity contribution in [3.8, 4) is 0 Å². The van der Waals surface area contributed by atoms with Crippen molar-refractivity contribution in [1.29, 1.82) is 0 Å². The molecule has 0 bridgehead atoms. The molecule has 0 aliphatic rings. The number of hydrogen-bond acceptors (Lipinski definition) is 4. The SMILES string of the molecule is O=c1ccc([N+](=O)[O-])cn1C[C@@H](O)c1ccc(C(F)(F)F)cc1. The van der Waals surface area contributed by atoms with E-state index >= 15 is 0 Å². The van der Waals surface area contributed by atoms with Gasteiger partial charge in [0, 0.05) is 12.1 Å². The summed E-state index contributed by atoms with van der Waals surface area (Å²) in [5.41, 5.74) is -1.59. The van der Waals surface area contributed by atoms with Crippen LogP contribution in [0.1, 0.15) is 17.2 Å². The van der Waals surface area contributed by atoms with Crippen LogP contribution >= 0.6 is 0 Å². The van der Waals surface area contributed by atoms with Crippen LogP contribution in [-0.4, -0.2) is 14.6 Å². The number of aromatic nitrogens is 1. The molecule has 1 N–H and O–H groups in total. The lowest BCUT2D eigenvalue weighted by Crippen LogP contribution is -2.22. The van der Waals surface area contributed by atoms with E-state index in [4.69, 9.17) is 0 Å². The molecule has 1 aromatic heterocycles. The van der Waals surface area contributed by atoms with Gasteiger partial charge in [-0.2, -0.15) is 13.2 Å². The van der Waals surface area contributed by atoms with Gasteiger partial charge in [0.2, 0.25) is 0 Å². The normalized spacial score (nSPS) is 12.9. The van der Waals surface area contributed by atoms with E-state index < -0.39 is 28.3 Å². The van der Waals surface area contributed by atoms with E-state index in [2.05, 4.69) is 0 Å². The first-order valence-corrected chi connectivity index (χ1v) is 6.38. The summed E-state index contributed by atoms with van der Waals surface area (Å²) in [6.45, 7) is -0.314. The second-order valence-electron chi connectivity index (χ2n) is 4.77. The van der Waals surface area contributed by atoms with E-state index in [0.29, 0.717) is 0 Å². The average Bonchev–Trinajstić information content (AvgIpc) is 2.48. The van der Waals surface area contributed by atoms with Gasteiger partial charge < -0.3 is 9.67 Å². The molecule has 0 spiro atoms. The van der Waals surface area contributed by atoms with Gasteiger partial charge in [0.05, 0.1) is 29.3 Å². The molecule has 2 aromatic rings. The van der Waals surface area contributed by atoms with Gasteiger partial charge in [0.25, 0.3) is 11.2 Å². The van der Waals surface area contributed by atoms with Gasteiger partial charge in [0.1, 0.15) is 0 Å². The van der Waals surface area contributed by atoms with Crippen molar-refractivity contribution in [2.24, 2.45) is 0 Å². The minimum Gasteiger partial charge on any atom is -0.387 e. The zero-order chi connectivity index (χ0) is 17.2. The van der Waals surface area contributed by atoms with E-state index in [0.717, 1.165) is 47.2 Å². The molecule has 0 fully saturated rings. The van der Waals surface area contributed by atoms with Crippen LogP contribution < -0.4 is 5.56 Å². The van der Waals surface area contributed by atoms with Crippen LogP contribution in [0.5, 0.6) is 0 Å². The summed E-state index contributed by atoms with van der Waals surface area (Å²) in [4.78, 5) is 21.6. The number of alkyl halides is 3. The van der Waals surface area contributed by atoms with Crippen LogP contribution in [0.25, 0.3) is 0 Å². The lowest BCUT2D eigenvalue weighted by molar-refractivity contribution is -0.385. The fraction of sp³-hybridized carbons (Fsp3) is 0.214. The topological polar surface area (TPSA) is 85.4 Å².